The lowest BCUT2D eigenvalue weighted by molar-refractivity contribution is -0.760. The molecule has 0 radical (unpaired) electrons. The zero-order chi connectivity index (χ0) is 27.4. The molecule has 2 N–H and O–H groups in total. The van der Waals surface area contributed by atoms with Crippen LogP contribution in [-0.2, 0) is 20.7 Å². The van der Waals surface area contributed by atoms with E-state index in [1.807, 2.05) is 12.4 Å². The Morgan fingerprint density at radius 2 is 1.32 bits per heavy atom. The fourth-order valence-electron chi connectivity index (χ4n) is 4.09. The van der Waals surface area contributed by atoms with Gasteiger partial charge in [-0.3, -0.25) is 9.97 Å². The minimum atomic E-state index is -1.08. The summed E-state index contributed by atoms with van der Waals surface area (Å²) < 4.78 is 4.76. The van der Waals surface area contributed by atoms with E-state index in [1.165, 1.54) is 0 Å². The van der Waals surface area contributed by atoms with Gasteiger partial charge in [0.25, 0.3) is 0 Å². The molecule has 0 aliphatic heterocycles. The second-order valence-corrected chi connectivity index (χ2v) is 12.1. The van der Waals surface area contributed by atoms with E-state index in [1.54, 1.807) is 6.33 Å². The van der Waals surface area contributed by atoms with Gasteiger partial charge in [-0.1, -0.05) is 41.5 Å². The maximum Gasteiger partial charge on any atom is 0.244 e. The van der Waals surface area contributed by atoms with Crippen LogP contribution in [0, 0.1) is 10.8 Å². The highest BCUT2D eigenvalue weighted by Crippen LogP contribution is 2.32. The first-order valence-corrected chi connectivity index (χ1v) is 11.5. The summed E-state index contributed by atoms with van der Waals surface area (Å²) in [6.07, 6.45) is 14.5. The summed E-state index contributed by atoms with van der Waals surface area (Å²) in [6, 6.07) is 0. The van der Waals surface area contributed by atoms with Gasteiger partial charge in [-0.25, -0.2) is 9.13 Å². The van der Waals surface area contributed by atoms with Crippen molar-refractivity contribution in [2.24, 2.45) is 10.8 Å². The largest absolute Gasteiger partial charge is 0.550 e. The number of aliphatic carboxylic acids is 2. The summed E-state index contributed by atoms with van der Waals surface area (Å²) in [5, 5.41) is 17.8. The molecule has 0 aliphatic carbocycles. The third-order valence-corrected chi connectivity index (χ3v) is 4.40. The molecule has 0 saturated carbocycles. The van der Waals surface area contributed by atoms with Crippen molar-refractivity contribution in [1.82, 2.24) is 9.55 Å². The molecule has 34 heavy (non-hydrogen) atoms. The van der Waals surface area contributed by atoms with Crippen LogP contribution >= 0.6 is 0 Å². The number of nitrogens with one attached hydrogen (secondary N) is 2. The highest BCUT2D eigenvalue weighted by molar-refractivity contribution is 5.60. The molecular formula is C26H48N4O4. The normalized spacial score (nSPS) is 11.6. The van der Waals surface area contributed by atoms with Gasteiger partial charge in [0.2, 0.25) is 12.7 Å². The second kappa shape index (κ2) is 13.9. The fraction of sp³-hybridized carbons (Fsp3) is 0.692. The molecule has 2 aromatic heterocycles. The van der Waals surface area contributed by atoms with Crippen LogP contribution in [0.4, 0.5) is 0 Å². The van der Waals surface area contributed by atoms with Gasteiger partial charge in [-0.05, 0) is 65.2 Å². The maximum absolute atomic E-state index is 8.89. The molecule has 0 amide bonds. The molecule has 0 aromatic carbocycles. The predicted molar refractivity (Wildman–Crippen MR) is 130 cm³/mol. The van der Waals surface area contributed by atoms with Crippen LogP contribution in [0.2, 0.25) is 0 Å². The van der Waals surface area contributed by atoms with E-state index in [0.717, 1.165) is 26.7 Å². The van der Waals surface area contributed by atoms with Gasteiger partial charge in [-0.15, -0.1) is 0 Å². The highest BCUT2D eigenvalue weighted by Gasteiger charge is 2.35. The van der Waals surface area contributed by atoms with Crippen molar-refractivity contribution >= 4 is 11.9 Å². The lowest BCUT2D eigenvalue weighted by atomic mass is 9.81. The quantitative estimate of drug-likeness (QED) is 0.676. The third-order valence-electron chi connectivity index (χ3n) is 4.40. The average Bonchev–Trinajstić information content (AvgIpc) is 3.25. The summed E-state index contributed by atoms with van der Waals surface area (Å²) in [4.78, 5) is 23.4. The summed E-state index contributed by atoms with van der Waals surface area (Å²) in [5.74, 6) is -2.17. The zero-order valence-corrected chi connectivity index (χ0v) is 23.4. The molecule has 8 heteroatoms. The highest BCUT2D eigenvalue weighted by atomic mass is 16.4. The Morgan fingerprint density at radius 3 is 1.62 bits per heavy atom. The van der Waals surface area contributed by atoms with E-state index < -0.39 is 11.9 Å². The number of aromatic nitrogens is 4. The van der Waals surface area contributed by atoms with Crippen LogP contribution in [0.1, 0.15) is 95.9 Å². The molecule has 0 bridgehead atoms. The monoisotopic (exact) mass is 480 g/mol. The number of carboxylic acids is 2. The molecule has 0 saturated heterocycles. The van der Waals surface area contributed by atoms with Crippen LogP contribution in [0.25, 0.3) is 0 Å². The Bertz CT molecular complexity index is 744. The third kappa shape index (κ3) is 18.9. The van der Waals surface area contributed by atoms with Crippen molar-refractivity contribution < 1.29 is 29.4 Å². The number of carboxylic acid groups (broad SMARTS) is 2. The van der Waals surface area contributed by atoms with Gasteiger partial charge >= 0.3 is 0 Å². The standard InChI is InChI=1S/C19H37N2.C3H4N2.2C2H4O2/c1-16(2,3)13-18(7,8)20-11-12-21(15-20)19(9,10)14-17(4,5)6;1-2-5-3-4-1;2*1-2(3)4/h11-12,15H,13-14H2,1-10H3;1-3H,(H,4,5);2*1H3,(H,3,4)/q+1;;;/p-1. The van der Waals surface area contributed by atoms with Crippen LogP contribution in [0.3, 0.4) is 0 Å². The number of carbonyl (C=O) groups is 2. The van der Waals surface area contributed by atoms with Crippen LogP contribution in [0.5, 0.6) is 0 Å². The second-order valence-electron chi connectivity index (χ2n) is 12.1. The van der Waals surface area contributed by atoms with Crippen molar-refractivity contribution in [1.29, 1.82) is 0 Å². The Balaban J connectivity index is 0. The molecule has 0 spiro atoms. The maximum atomic E-state index is 8.89. The molecule has 8 nitrogen and oxygen atoms in total. The Labute approximate surface area is 206 Å². The molecule has 2 rings (SSSR count). The SMILES string of the molecule is CC(=O)[O-].CC(=O)[O-].CC(C)(C)CC(C)(C)n1cc[n+](C(C)(C)CC(C)(C)C)c1.c1c[nH+]c[nH]1. The smallest absolute Gasteiger partial charge is 0.244 e. The number of imidazole rings is 2. The van der Waals surface area contributed by atoms with Gasteiger partial charge in [0.1, 0.15) is 35.9 Å². The van der Waals surface area contributed by atoms with E-state index in [4.69, 9.17) is 19.8 Å². The number of carbonyl (C=O) groups excluding carboxylic acids is 2. The number of hydrogen-bond acceptors (Lipinski definition) is 4. The topological polar surface area (TPSA) is 119 Å². The first-order valence-electron chi connectivity index (χ1n) is 11.5. The molecule has 0 aliphatic rings. The van der Waals surface area contributed by atoms with Crippen LogP contribution in [-0.4, -0.2) is 21.5 Å². The van der Waals surface area contributed by atoms with Crippen molar-refractivity contribution in [3.63, 3.8) is 0 Å². The van der Waals surface area contributed by atoms with E-state index in [-0.39, 0.29) is 11.1 Å². The molecule has 196 valence electrons. The summed E-state index contributed by atoms with van der Waals surface area (Å²) in [6.45, 7) is 25.2. The lowest BCUT2D eigenvalue weighted by Gasteiger charge is -2.31. The predicted octanol–water partition coefficient (Wildman–Crippen LogP) is 2.46. The lowest BCUT2D eigenvalue weighted by Crippen LogP contribution is -2.53. The molecule has 0 unspecified atom stereocenters. The fourth-order valence-corrected chi connectivity index (χ4v) is 4.09. The van der Waals surface area contributed by atoms with E-state index in [9.17, 15) is 0 Å². The summed E-state index contributed by atoms with van der Waals surface area (Å²) in [5.41, 5.74) is 0.946. The Morgan fingerprint density at radius 1 is 0.882 bits per heavy atom. The number of H-pyrrole nitrogens is 2. The summed E-state index contributed by atoms with van der Waals surface area (Å²) in [7, 11) is 0. The zero-order valence-electron chi connectivity index (χ0n) is 23.4. The van der Waals surface area contributed by atoms with Gasteiger partial charge < -0.3 is 19.8 Å². The van der Waals surface area contributed by atoms with Crippen molar-refractivity contribution in [2.45, 2.75) is 107 Å². The molecule has 0 atom stereocenters. The molecule has 0 fully saturated rings. The summed E-state index contributed by atoms with van der Waals surface area (Å²) >= 11 is 0. The van der Waals surface area contributed by atoms with Gasteiger partial charge in [0.05, 0.1) is 0 Å². The first kappa shape index (κ1) is 33.5. The Kier molecular flexibility index (Phi) is 13.7. The average molecular weight is 481 g/mol. The van der Waals surface area contributed by atoms with Gasteiger partial charge in [0, 0.05) is 11.9 Å². The van der Waals surface area contributed by atoms with Crippen molar-refractivity contribution in [3.8, 4) is 0 Å². The van der Waals surface area contributed by atoms with Crippen LogP contribution in [0.15, 0.2) is 37.4 Å². The molecule has 2 aromatic rings. The Hall–Kier alpha value is -2.64. The molecular weight excluding hydrogens is 432 g/mol. The first-order chi connectivity index (χ1) is 15.1. The van der Waals surface area contributed by atoms with E-state index in [2.05, 4.69) is 107 Å². The minimum Gasteiger partial charge on any atom is -0.550 e. The number of hydrogen-bond donors (Lipinski definition) is 1. The van der Waals surface area contributed by atoms with E-state index >= 15 is 0 Å². The number of nitrogens with zero attached hydrogens (tertiary/aromatic N) is 2. The van der Waals surface area contributed by atoms with Crippen molar-refractivity contribution in [3.05, 3.63) is 37.4 Å². The molecule has 2 heterocycles. The number of aromatic amines is 2. The van der Waals surface area contributed by atoms with Crippen LogP contribution < -0.4 is 19.8 Å². The van der Waals surface area contributed by atoms with Crippen molar-refractivity contribution in [2.75, 3.05) is 0 Å². The number of rotatable bonds is 4. The van der Waals surface area contributed by atoms with Gasteiger partial charge in [-0.2, -0.15) is 0 Å². The van der Waals surface area contributed by atoms with Gasteiger partial charge in [0.15, 0.2) is 0 Å². The van der Waals surface area contributed by atoms with E-state index in [0.29, 0.717) is 10.8 Å². The minimum absolute atomic E-state index is 0.140.